The maximum Gasteiger partial charge on any atom is 0.159 e. The van der Waals surface area contributed by atoms with E-state index in [4.69, 9.17) is 4.42 Å². The fourth-order valence-electron chi connectivity index (χ4n) is 7.97. The van der Waals surface area contributed by atoms with Crippen LogP contribution in [0.2, 0.25) is 0 Å². The minimum absolute atomic E-state index is 0.857. The Morgan fingerprint density at radius 1 is 0.296 bits per heavy atom. The first-order valence-corrected chi connectivity index (χ1v) is 18.4. The molecule has 0 radical (unpaired) electrons. The van der Waals surface area contributed by atoms with Crippen LogP contribution < -0.4 is 4.90 Å². The van der Waals surface area contributed by atoms with Crippen molar-refractivity contribution in [2.75, 3.05) is 4.90 Å². The molecular formula is C52H35NO. The average Bonchev–Trinajstić information content (AvgIpc) is 3.64. The number of hydrogen-bond donors (Lipinski definition) is 0. The molecule has 1 heterocycles. The molecule has 9 aromatic carbocycles. The Balaban J connectivity index is 1.20. The summed E-state index contributed by atoms with van der Waals surface area (Å²) in [4.78, 5) is 2.36. The quantitative estimate of drug-likeness (QED) is 0.166. The van der Waals surface area contributed by atoms with Crippen molar-refractivity contribution in [3.8, 4) is 44.5 Å². The van der Waals surface area contributed by atoms with Crippen molar-refractivity contribution < 1.29 is 4.42 Å². The van der Waals surface area contributed by atoms with Crippen LogP contribution in [0.25, 0.3) is 77.2 Å². The van der Waals surface area contributed by atoms with Gasteiger partial charge in [0, 0.05) is 22.1 Å². The molecule has 0 atom stereocenters. The maximum absolute atomic E-state index is 6.70. The summed E-state index contributed by atoms with van der Waals surface area (Å²) in [5.74, 6) is 0. The van der Waals surface area contributed by atoms with Crippen molar-refractivity contribution in [2.24, 2.45) is 0 Å². The van der Waals surface area contributed by atoms with Gasteiger partial charge in [0.25, 0.3) is 0 Å². The SMILES string of the molecule is c1ccc(-c2ccc(N(c3cccc(-c4ccc(-c5ccccc5)c5ccccc45)c3)c3cccc4c3oc3ccccc34)cc2-c2ccccc2)cc1. The van der Waals surface area contributed by atoms with Gasteiger partial charge in [-0.05, 0) is 91.7 Å². The molecule has 0 amide bonds. The molecule has 10 aromatic rings. The topological polar surface area (TPSA) is 16.4 Å². The normalized spacial score (nSPS) is 11.3. The van der Waals surface area contributed by atoms with Gasteiger partial charge in [-0.1, -0.05) is 176 Å². The molecule has 1 aromatic heterocycles. The zero-order valence-electron chi connectivity index (χ0n) is 29.6. The maximum atomic E-state index is 6.70. The van der Waals surface area contributed by atoms with Gasteiger partial charge in [0.2, 0.25) is 0 Å². The molecule has 2 heteroatoms. The summed E-state index contributed by atoms with van der Waals surface area (Å²) in [6.45, 7) is 0. The molecule has 0 spiro atoms. The number of benzene rings is 9. The molecule has 10 rings (SSSR count). The zero-order chi connectivity index (χ0) is 35.8. The van der Waals surface area contributed by atoms with Gasteiger partial charge in [-0.3, -0.25) is 0 Å². The number of furan rings is 1. The van der Waals surface area contributed by atoms with E-state index in [0.717, 1.165) is 44.6 Å². The van der Waals surface area contributed by atoms with Gasteiger partial charge in [-0.25, -0.2) is 0 Å². The number of fused-ring (bicyclic) bond motifs is 4. The summed E-state index contributed by atoms with van der Waals surface area (Å²) in [6.07, 6.45) is 0. The van der Waals surface area contributed by atoms with Crippen molar-refractivity contribution in [1.29, 1.82) is 0 Å². The fourth-order valence-corrected chi connectivity index (χ4v) is 7.97. The largest absolute Gasteiger partial charge is 0.454 e. The first-order valence-electron chi connectivity index (χ1n) is 18.4. The van der Waals surface area contributed by atoms with Gasteiger partial charge in [0.1, 0.15) is 5.58 Å². The summed E-state index contributed by atoms with van der Waals surface area (Å²) in [5.41, 5.74) is 14.3. The molecule has 2 nitrogen and oxygen atoms in total. The van der Waals surface area contributed by atoms with E-state index in [1.54, 1.807) is 0 Å². The van der Waals surface area contributed by atoms with E-state index < -0.39 is 0 Å². The van der Waals surface area contributed by atoms with Gasteiger partial charge >= 0.3 is 0 Å². The highest BCUT2D eigenvalue weighted by Crippen LogP contribution is 2.46. The van der Waals surface area contributed by atoms with Crippen LogP contribution in [-0.2, 0) is 0 Å². The standard InChI is InChI=1S/C52H35NO/c1-4-16-36(17-5-1)42-32-33-44(46-25-11-10-24-45(42)46)39-22-14-23-40(34-39)53(50-28-15-27-48-47-26-12-13-29-51(47)54-52(48)50)41-30-31-43(37-18-6-2-7-19-37)49(35-41)38-20-8-3-9-21-38/h1-35H. The van der Waals surface area contributed by atoms with Crippen LogP contribution in [0.15, 0.2) is 217 Å². The summed E-state index contributed by atoms with van der Waals surface area (Å²) in [5, 5.41) is 4.66. The van der Waals surface area contributed by atoms with Gasteiger partial charge in [-0.2, -0.15) is 0 Å². The third kappa shape index (κ3) is 5.53. The van der Waals surface area contributed by atoms with Crippen molar-refractivity contribution in [3.63, 3.8) is 0 Å². The molecule has 0 aliphatic carbocycles. The lowest BCUT2D eigenvalue weighted by atomic mass is 9.92. The van der Waals surface area contributed by atoms with Gasteiger partial charge in [0.15, 0.2) is 5.58 Å². The number of hydrogen-bond acceptors (Lipinski definition) is 2. The highest BCUT2D eigenvalue weighted by Gasteiger charge is 2.22. The highest BCUT2D eigenvalue weighted by molar-refractivity contribution is 6.11. The third-order valence-corrected chi connectivity index (χ3v) is 10.5. The summed E-state index contributed by atoms with van der Waals surface area (Å²) in [7, 11) is 0. The van der Waals surface area contributed by atoms with Crippen LogP contribution >= 0.6 is 0 Å². The first kappa shape index (κ1) is 31.6. The van der Waals surface area contributed by atoms with Crippen LogP contribution in [0.1, 0.15) is 0 Å². The van der Waals surface area contributed by atoms with E-state index in [1.807, 2.05) is 6.07 Å². The fraction of sp³-hybridized carbons (Fsp3) is 0. The van der Waals surface area contributed by atoms with Crippen molar-refractivity contribution >= 4 is 49.8 Å². The molecule has 0 aliphatic heterocycles. The molecule has 0 aliphatic rings. The van der Waals surface area contributed by atoms with Crippen molar-refractivity contribution in [2.45, 2.75) is 0 Å². The van der Waals surface area contributed by atoms with E-state index in [9.17, 15) is 0 Å². The summed E-state index contributed by atoms with van der Waals surface area (Å²) >= 11 is 0. The van der Waals surface area contributed by atoms with Crippen LogP contribution in [-0.4, -0.2) is 0 Å². The van der Waals surface area contributed by atoms with Crippen LogP contribution in [0.5, 0.6) is 0 Å². The van der Waals surface area contributed by atoms with E-state index >= 15 is 0 Å². The molecular weight excluding hydrogens is 655 g/mol. The van der Waals surface area contributed by atoms with Crippen LogP contribution in [0.3, 0.4) is 0 Å². The van der Waals surface area contributed by atoms with Crippen LogP contribution in [0.4, 0.5) is 17.1 Å². The number of para-hydroxylation sites is 2. The molecule has 0 N–H and O–H groups in total. The lowest BCUT2D eigenvalue weighted by Gasteiger charge is -2.27. The second-order valence-corrected chi connectivity index (χ2v) is 13.7. The van der Waals surface area contributed by atoms with Crippen molar-refractivity contribution in [3.05, 3.63) is 212 Å². The lowest BCUT2D eigenvalue weighted by Crippen LogP contribution is -2.10. The van der Waals surface area contributed by atoms with E-state index in [2.05, 4.69) is 211 Å². The van der Waals surface area contributed by atoms with Gasteiger partial charge in [-0.15, -0.1) is 0 Å². The Morgan fingerprint density at radius 3 is 1.46 bits per heavy atom. The predicted octanol–water partition coefficient (Wildman–Crippen LogP) is 14.9. The monoisotopic (exact) mass is 689 g/mol. The average molecular weight is 690 g/mol. The minimum Gasteiger partial charge on any atom is -0.454 e. The molecule has 0 unspecified atom stereocenters. The van der Waals surface area contributed by atoms with E-state index in [-0.39, 0.29) is 0 Å². The Hall–Kier alpha value is -7.16. The third-order valence-electron chi connectivity index (χ3n) is 10.5. The lowest BCUT2D eigenvalue weighted by molar-refractivity contribution is 0.669. The number of anilines is 3. The van der Waals surface area contributed by atoms with E-state index in [1.165, 1.54) is 49.7 Å². The predicted molar refractivity (Wildman–Crippen MR) is 228 cm³/mol. The molecule has 0 saturated heterocycles. The molecule has 54 heavy (non-hydrogen) atoms. The first-order chi connectivity index (χ1) is 26.8. The Bertz CT molecular complexity index is 2930. The highest BCUT2D eigenvalue weighted by atomic mass is 16.3. The Labute approximate surface area is 314 Å². The summed E-state index contributed by atoms with van der Waals surface area (Å²) in [6, 6.07) is 75.8. The van der Waals surface area contributed by atoms with E-state index in [0.29, 0.717) is 0 Å². The molecule has 0 fully saturated rings. The smallest absolute Gasteiger partial charge is 0.159 e. The Morgan fingerprint density at radius 2 is 0.778 bits per heavy atom. The molecule has 0 saturated carbocycles. The minimum atomic E-state index is 0.857. The number of rotatable bonds is 7. The van der Waals surface area contributed by atoms with Crippen molar-refractivity contribution in [1.82, 2.24) is 0 Å². The number of nitrogens with zero attached hydrogens (tertiary/aromatic N) is 1. The van der Waals surface area contributed by atoms with Gasteiger partial charge in [0.05, 0.1) is 5.69 Å². The second-order valence-electron chi connectivity index (χ2n) is 13.7. The van der Waals surface area contributed by atoms with Crippen LogP contribution in [0, 0.1) is 0 Å². The molecule has 0 bridgehead atoms. The van der Waals surface area contributed by atoms with Gasteiger partial charge < -0.3 is 9.32 Å². The molecule has 254 valence electrons. The summed E-state index contributed by atoms with van der Waals surface area (Å²) < 4.78 is 6.70. The zero-order valence-corrected chi connectivity index (χ0v) is 29.6. The Kier molecular flexibility index (Phi) is 7.85. The second kappa shape index (κ2) is 13.4.